The third-order valence-corrected chi connectivity index (χ3v) is 7.03. The molecule has 0 aromatic heterocycles. The lowest BCUT2D eigenvalue weighted by Crippen LogP contribution is -2.66. The van der Waals surface area contributed by atoms with Gasteiger partial charge in [0.15, 0.2) is 0 Å². The third kappa shape index (κ3) is 2.52. The number of nitrogens with two attached hydrogens (primary N) is 1. The van der Waals surface area contributed by atoms with Crippen molar-refractivity contribution < 1.29 is 9.59 Å². The summed E-state index contributed by atoms with van der Waals surface area (Å²) in [7, 11) is 0. The van der Waals surface area contributed by atoms with E-state index in [0.717, 1.165) is 62.9 Å². The van der Waals surface area contributed by atoms with Crippen molar-refractivity contribution in [1.82, 2.24) is 9.80 Å². The molecule has 23 heavy (non-hydrogen) atoms. The number of rotatable bonds is 2. The lowest BCUT2D eigenvalue weighted by Gasteiger charge is -2.62. The average Bonchev–Trinajstić information content (AvgIpc) is 2.45. The fourth-order valence-corrected chi connectivity index (χ4v) is 6.60. The van der Waals surface area contributed by atoms with Gasteiger partial charge >= 0.3 is 6.03 Å². The van der Waals surface area contributed by atoms with E-state index in [1.54, 1.807) is 6.92 Å². The number of carbonyl (C=O) groups is 2. The molecule has 3 amide bonds. The number of likely N-dealkylation sites (tertiary alicyclic amines) is 1. The molecule has 1 heterocycles. The highest BCUT2D eigenvalue weighted by atomic mass is 16.2. The molecule has 5 heteroatoms. The van der Waals surface area contributed by atoms with Crippen molar-refractivity contribution in [3.8, 4) is 0 Å². The molecule has 128 valence electrons. The van der Waals surface area contributed by atoms with Gasteiger partial charge in [0.1, 0.15) is 0 Å². The van der Waals surface area contributed by atoms with Gasteiger partial charge in [0.25, 0.3) is 0 Å². The number of nitrogens with zero attached hydrogens (tertiary/aromatic N) is 2. The van der Waals surface area contributed by atoms with E-state index in [4.69, 9.17) is 5.73 Å². The predicted molar refractivity (Wildman–Crippen MR) is 87.6 cm³/mol. The Bertz CT molecular complexity index is 475. The molecular weight excluding hydrogens is 290 g/mol. The Kier molecular flexibility index (Phi) is 3.58. The molecule has 0 atom stereocenters. The number of primary amides is 1. The van der Waals surface area contributed by atoms with Crippen LogP contribution in [0.15, 0.2) is 0 Å². The first-order chi connectivity index (χ1) is 11.0. The summed E-state index contributed by atoms with van der Waals surface area (Å²) in [6, 6.07) is -0.00687. The van der Waals surface area contributed by atoms with Crippen LogP contribution in [0.3, 0.4) is 0 Å². The van der Waals surface area contributed by atoms with Crippen LogP contribution in [0.5, 0.6) is 0 Å². The monoisotopic (exact) mass is 319 g/mol. The van der Waals surface area contributed by atoms with Crippen LogP contribution in [-0.4, -0.2) is 46.4 Å². The molecule has 5 nitrogen and oxygen atoms in total. The molecule has 1 aliphatic heterocycles. The Balaban J connectivity index is 1.55. The molecular formula is C18H29N3O2. The number of carbonyl (C=O) groups excluding carboxylic acids is 2. The van der Waals surface area contributed by atoms with E-state index in [9.17, 15) is 9.59 Å². The first-order valence-corrected chi connectivity index (χ1v) is 9.31. The fraction of sp³-hybridized carbons (Fsp3) is 0.889. The Hall–Kier alpha value is -1.26. The molecule has 5 fully saturated rings. The lowest BCUT2D eigenvalue weighted by molar-refractivity contribution is -0.131. The van der Waals surface area contributed by atoms with E-state index in [0.29, 0.717) is 0 Å². The van der Waals surface area contributed by atoms with Gasteiger partial charge in [-0.3, -0.25) is 4.79 Å². The Morgan fingerprint density at radius 3 is 1.87 bits per heavy atom. The number of urea groups is 1. The lowest BCUT2D eigenvalue weighted by atomic mass is 9.52. The first-order valence-electron chi connectivity index (χ1n) is 9.31. The van der Waals surface area contributed by atoms with E-state index in [1.165, 1.54) is 19.3 Å². The zero-order valence-electron chi connectivity index (χ0n) is 14.2. The van der Waals surface area contributed by atoms with Gasteiger partial charge in [-0.1, -0.05) is 0 Å². The van der Waals surface area contributed by atoms with E-state index in [1.807, 2.05) is 4.90 Å². The van der Waals surface area contributed by atoms with E-state index in [2.05, 4.69) is 4.90 Å². The van der Waals surface area contributed by atoms with Gasteiger partial charge in [-0.05, 0) is 69.1 Å². The van der Waals surface area contributed by atoms with Crippen LogP contribution in [0.25, 0.3) is 0 Å². The third-order valence-electron chi connectivity index (χ3n) is 7.03. The molecule has 4 saturated carbocycles. The number of piperidine rings is 1. The summed E-state index contributed by atoms with van der Waals surface area (Å²) in [5.74, 6) is 2.56. The summed E-state index contributed by atoms with van der Waals surface area (Å²) < 4.78 is 0. The van der Waals surface area contributed by atoms with Gasteiger partial charge in [-0.15, -0.1) is 0 Å². The minimum absolute atomic E-state index is 0.0314. The van der Waals surface area contributed by atoms with Gasteiger partial charge in [-0.2, -0.15) is 0 Å². The number of hydrogen-bond donors (Lipinski definition) is 1. The van der Waals surface area contributed by atoms with Crippen LogP contribution < -0.4 is 5.73 Å². The van der Waals surface area contributed by atoms with Crippen molar-refractivity contribution in [2.45, 2.75) is 69.9 Å². The number of amides is 3. The summed E-state index contributed by atoms with van der Waals surface area (Å²) >= 11 is 0. The maximum atomic E-state index is 12.4. The smallest absolute Gasteiger partial charge is 0.315 e. The van der Waals surface area contributed by atoms with E-state index in [-0.39, 0.29) is 23.5 Å². The van der Waals surface area contributed by atoms with E-state index < -0.39 is 0 Å². The zero-order chi connectivity index (χ0) is 16.2. The molecule has 0 aromatic carbocycles. The molecule has 2 N–H and O–H groups in total. The Morgan fingerprint density at radius 1 is 1.00 bits per heavy atom. The average molecular weight is 319 g/mol. The summed E-state index contributed by atoms with van der Waals surface area (Å²) in [5.41, 5.74) is 5.92. The Morgan fingerprint density at radius 2 is 1.48 bits per heavy atom. The van der Waals surface area contributed by atoms with Crippen LogP contribution in [0.1, 0.15) is 58.3 Å². The highest BCUT2D eigenvalue weighted by molar-refractivity contribution is 5.74. The van der Waals surface area contributed by atoms with Crippen molar-refractivity contribution in [2.75, 3.05) is 13.1 Å². The Labute approximate surface area is 138 Å². The highest BCUT2D eigenvalue weighted by Crippen LogP contribution is 2.58. The first kappa shape index (κ1) is 15.3. The van der Waals surface area contributed by atoms with Crippen LogP contribution in [0.4, 0.5) is 4.79 Å². The second-order valence-electron chi connectivity index (χ2n) is 8.59. The summed E-state index contributed by atoms with van der Waals surface area (Å²) in [6.07, 6.45) is 9.35. The maximum absolute atomic E-state index is 12.4. The normalized spacial score (nSPS) is 39.5. The van der Waals surface area contributed by atoms with Crippen LogP contribution in [0, 0.1) is 17.8 Å². The molecule has 4 aliphatic carbocycles. The molecule has 0 aromatic rings. The molecule has 0 unspecified atom stereocenters. The van der Waals surface area contributed by atoms with Crippen molar-refractivity contribution in [1.29, 1.82) is 0 Å². The second kappa shape index (κ2) is 5.38. The molecule has 5 rings (SSSR count). The summed E-state index contributed by atoms with van der Waals surface area (Å²) in [6.45, 7) is 3.15. The van der Waals surface area contributed by atoms with Crippen molar-refractivity contribution in [3.63, 3.8) is 0 Å². The van der Waals surface area contributed by atoms with Gasteiger partial charge in [0.2, 0.25) is 5.91 Å². The van der Waals surface area contributed by atoms with E-state index >= 15 is 0 Å². The zero-order valence-corrected chi connectivity index (χ0v) is 14.2. The molecule has 0 radical (unpaired) electrons. The quantitative estimate of drug-likeness (QED) is 0.849. The molecule has 0 spiro atoms. The van der Waals surface area contributed by atoms with Crippen molar-refractivity contribution in [2.24, 2.45) is 23.5 Å². The summed E-state index contributed by atoms with van der Waals surface area (Å²) in [4.78, 5) is 27.9. The minimum atomic E-state index is -0.228. The maximum Gasteiger partial charge on any atom is 0.315 e. The van der Waals surface area contributed by atoms with Gasteiger partial charge in [0, 0.05) is 31.6 Å². The largest absolute Gasteiger partial charge is 0.351 e. The van der Waals surface area contributed by atoms with Crippen LogP contribution >= 0.6 is 0 Å². The standard InChI is InChI=1S/C18H29N3O2/c1-12(22)20-4-2-16(3-5-20)21(17(19)23)18-9-13-6-14(10-18)8-15(7-13)11-18/h13-16H,2-11H2,1H3,(H2,19,23). The van der Waals surface area contributed by atoms with Gasteiger partial charge in [0.05, 0.1) is 0 Å². The fourth-order valence-electron chi connectivity index (χ4n) is 6.60. The van der Waals surface area contributed by atoms with Crippen LogP contribution in [-0.2, 0) is 4.79 Å². The highest BCUT2D eigenvalue weighted by Gasteiger charge is 2.55. The molecule has 4 bridgehead atoms. The predicted octanol–water partition coefficient (Wildman–Crippen LogP) is 2.35. The summed E-state index contributed by atoms with van der Waals surface area (Å²) in [5, 5.41) is 0. The minimum Gasteiger partial charge on any atom is -0.351 e. The van der Waals surface area contributed by atoms with Crippen molar-refractivity contribution >= 4 is 11.9 Å². The van der Waals surface area contributed by atoms with Crippen molar-refractivity contribution in [3.05, 3.63) is 0 Å². The SMILES string of the molecule is CC(=O)N1CCC(N(C(N)=O)C23CC4CC(CC(C4)C2)C3)CC1. The molecule has 1 saturated heterocycles. The second-order valence-corrected chi connectivity index (χ2v) is 8.59. The van der Waals surface area contributed by atoms with Gasteiger partial charge < -0.3 is 15.5 Å². The molecule has 5 aliphatic rings. The number of hydrogen-bond acceptors (Lipinski definition) is 2. The topological polar surface area (TPSA) is 66.6 Å². The van der Waals surface area contributed by atoms with Gasteiger partial charge in [-0.25, -0.2) is 4.79 Å². The van der Waals surface area contributed by atoms with Crippen LogP contribution in [0.2, 0.25) is 0 Å².